The fraction of sp³-hybridized carbons (Fsp3) is 0.438. The van der Waals surface area contributed by atoms with Crippen molar-refractivity contribution in [1.82, 2.24) is 4.98 Å². The van der Waals surface area contributed by atoms with Crippen LogP contribution in [-0.2, 0) is 0 Å². The molecule has 0 amide bonds. The molecule has 3 N–H and O–H groups in total. The van der Waals surface area contributed by atoms with Crippen molar-refractivity contribution in [2.45, 2.75) is 44.6 Å². The van der Waals surface area contributed by atoms with Gasteiger partial charge in [-0.15, -0.1) is 0 Å². The Morgan fingerprint density at radius 2 is 1.90 bits per heavy atom. The minimum atomic E-state index is 0.565. The minimum Gasteiger partial charge on any atom is -0.398 e. The number of hydrogen-bond acceptors (Lipinski definition) is 3. The molecular weight excluding hydrogens is 314 g/mol. The molecule has 0 bridgehead atoms. The van der Waals surface area contributed by atoms with Gasteiger partial charge in [0.1, 0.15) is 0 Å². The van der Waals surface area contributed by atoms with Crippen molar-refractivity contribution in [2.24, 2.45) is 0 Å². The Balaban J connectivity index is 1.93. The zero-order chi connectivity index (χ0) is 13.9. The number of hydrogen-bond donors (Lipinski definition) is 2. The number of aromatic nitrogens is 1. The summed E-state index contributed by atoms with van der Waals surface area (Å²) in [6, 6.07) is 6.63. The number of benzene rings is 1. The number of nitrogen functional groups attached to an aromatic ring is 1. The molecule has 0 atom stereocenters. The Morgan fingerprint density at radius 3 is 2.65 bits per heavy atom. The third-order valence-corrected chi connectivity index (χ3v) is 4.50. The van der Waals surface area contributed by atoms with Gasteiger partial charge in [-0.05, 0) is 47.0 Å². The Kier molecular flexibility index (Phi) is 4.10. The van der Waals surface area contributed by atoms with Crippen LogP contribution in [0.15, 0.2) is 28.9 Å². The largest absolute Gasteiger partial charge is 0.398 e. The second kappa shape index (κ2) is 6.00. The number of nitrogens with zero attached hydrogens (tertiary/aromatic N) is 1. The van der Waals surface area contributed by atoms with E-state index < -0.39 is 0 Å². The molecule has 20 heavy (non-hydrogen) atoms. The van der Waals surface area contributed by atoms with Crippen LogP contribution in [0.4, 0.5) is 11.4 Å². The molecule has 2 aromatic rings. The first-order valence-corrected chi connectivity index (χ1v) is 8.13. The lowest BCUT2D eigenvalue weighted by Gasteiger charge is -2.19. The van der Waals surface area contributed by atoms with E-state index in [0.717, 1.165) is 26.8 Å². The van der Waals surface area contributed by atoms with Crippen LogP contribution >= 0.6 is 15.9 Å². The van der Waals surface area contributed by atoms with Crippen LogP contribution in [0.2, 0.25) is 0 Å². The molecular formula is C16H20BrN3. The lowest BCUT2D eigenvalue weighted by Crippen LogP contribution is -2.18. The van der Waals surface area contributed by atoms with Crippen LogP contribution in [0.5, 0.6) is 0 Å². The Morgan fingerprint density at radius 1 is 1.15 bits per heavy atom. The minimum absolute atomic E-state index is 0.565. The highest BCUT2D eigenvalue weighted by atomic mass is 79.9. The number of nitrogens with one attached hydrogen (secondary N) is 1. The predicted octanol–water partition coefficient (Wildman–Crippen LogP) is 4.71. The number of pyridine rings is 1. The molecule has 3 nitrogen and oxygen atoms in total. The summed E-state index contributed by atoms with van der Waals surface area (Å²) in [7, 11) is 0. The average Bonchev–Trinajstić information content (AvgIpc) is 2.71. The molecule has 1 heterocycles. The van der Waals surface area contributed by atoms with Crippen molar-refractivity contribution in [3.05, 3.63) is 28.9 Å². The van der Waals surface area contributed by atoms with Gasteiger partial charge < -0.3 is 11.1 Å². The molecule has 0 aliphatic heterocycles. The summed E-state index contributed by atoms with van der Waals surface area (Å²) in [5.41, 5.74) is 8.92. The second-order valence-corrected chi connectivity index (χ2v) is 6.50. The van der Waals surface area contributed by atoms with Crippen LogP contribution in [0.25, 0.3) is 10.9 Å². The standard InChI is InChI=1S/C16H20BrN3/c17-11-9-13-14(18)7-8-15(16(13)19-10-11)20-12-5-3-1-2-4-6-12/h7-10,12,20H,1-6,18H2. The van der Waals surface area contributed by atoms with Gasteiger partial charge in [-0.1, -0.05) is 25.7 Å². The van der Waals surface area contributed by atoms with Crippen molar-refractivity contribution in [3.63, 3.8) is 0 Å². The van der Waals surface area contributed by atoms with E-state index >= 15 is 0 Å². The van der Waals surface area contributed by atoms with Crippen molar-refractivity contribution in [1.29, 1.82) is 0 Å². The maximum Gasteiger partial charge on any atom is 0.0954 e. The molecule has 0 unspecified atom stereocenters. The molecule has 1 fully saturated rings. The lowest BCUT2D eigenvalue weighted by atomic mass is 10.1. The SMILES string of the molecule is Nc1ccc(NC2CCCCCC2)c2ncc(Br)cc12. The molecule has 1 saturated carbocycles. The molecule has 3 rings (SSSR count). The molecule has 1 aliphatic carbocycles. The van der Waals surface area contributed by atoms with E-state index in [1.807, 2.05) is 18.3 Å². The third-order valence-electron chi connectivity index (χ3n) is 4.06. The van der Waals surface area contributed by atoms with E-state index in [1.165, 1.54) is 38.5 Å². The van der Waals surface area contributed by atoms with Gasteiger partial charge in [0.25, 0.3) is 0 Å². The van der Waals surface area contributed by atoms with Gasteiger partial charge in [0.2, 0.25) is 0 Å². The van der Waals surface area contributed by atoms with E-state index in [2.05, 4.69) is 32.3 Å². The average molecular weight is 334 g/mol. The highest BCUT2D eigenvalue weighted by Crippen LogP contribution is 2.30. The van der Waals surface area contributed by atoms with Crippen LogP contribution in [0.3, 0.4) is 0 Å². The molecule has 0 spiro atoms. The van der Waals surface area contributed by atoms with Crippen LogP contribution < -0.4 is 11.1 Å². The van der Waals surface area contributed by atoms with Gasteiger partial charge in [-0.3, -0.25) is 4.98 Å². The zero-order valence-corrected chi connectivity index (χ0v) is 13.1. The van der Waals surface area contributed by atoms with Crippen molar-refractivity contribution in [2.75, 3.05) is 11.1 Å². The highest BCUT2D eigenvalue weighted by Gasteiger charge is 2.14. The summed E-state index contributed by atoms with van der Waals surface area (Å²) in [6.07, 6.45) is 9.72. The summed E-state index contributed by atoms with van der Waals surface area (Å²) in [5.74, 6) is 0. The third kappa shape index (κ3) is 2.90. The number of fused-ring (bicyclic) bond motifs is 1. The second-order valence-electron chi connectivity index (χ2n) is 5.58. The Hall–Kier alpha value is -1.29. The first kappa shape index (κ1) is 13.7. The van der Waals surface area contributed by atoms with Crippen molar-refractivity contribution >= 4 is 38.2 Å². The van der Waals surface area contributed by atoms with Gasteiger partial charge in [0.15, 0.2) is 0 Å². The van der Waals surface area contributed by atoms with Crippen LogP contribution in [0, 0.1) is 0 Å². The fourth-order valence-electron chi connectivity index (χ4n) is 2.98. The van der Waals surface area contributed by atoms with Gasteiger partial charge in [0.05, 0.1) is 11.2 Å². The van der Waals surface area contributed by atoms with E-state index in [4.69, 9.17) is 5.73 Å². The summed E-state index contributed by atoms with van der Waals surface area (Å²) in [4.78, 5) is 4.54. The summed E-state index contributed by atoms with van der Waals surface area (Å²) < 4.78 is 0.961. The summed E-state index contributed by atoms with van der Waals surface area (Å²) >= 11 is 3.46. The molecule has 0 radical (unpaired) electrons. The van der Waals surface area contributed by atoms with Gasteiger partial charge in [-0.25, -0.2) is 0 Å². The predicted molar refractivity (Wildman–Crippen MR) is 89.0 cm³/mol. The molecule has 1 aromatic carbocycles. The normalized spacial score (nSPS) is 17.1. The topological polar surface area (TPSA) is 50.9 Å². The van der Waals surface area contributed by atoms with Crippen LogP contribution in [-0.4, -0.2) is 11.0 Å². The van der Waals surface area contributed by atoms with Crippen LogP contribution in [0.1, 0.15) is 38.5 Å². The summed E-state index contributed by atoms with van der Waals surface area (Å²) in [6.45, 7) is 0. The van der Waals surface area contributed by atoms with Crippen molar-refractivity contribution < 1.29 is 0 Å². The van der Waals surface area contributed by atoms with Gasteiger partial charge in [-0.2, -0.15) is 0 Å². The zero-order valence-electron chi connectivity index (χ0n) is 11.5. The number of halogens is 1. The van der Waals surface area contributed by atoms with E-state index in [-0.39, 0.29) is 0 Å². The maximum absolute atomic E-state index is 6.06. The van der Waals surface area contributed by atoms with Gasteiger partial charge >= 0.3 is 0 Å². The smallest absolute Gasteiger partial charge is 0.0954 e. The monoisotopic (exact) mass is 333 g/mol. The fourth-order valence-corrected chi connectivity index (χ4v) is 3.31. The van der Waals surface area contributed by atoms with E-state index in [9.17, 15) is 0 Å². The van der Waals surface area contributed by atoms with Gasteiger partial charge in [0, 0.05) is 27.8 Å². The summed E-state index contributed by atoms with van der Waals surface area (Å²) in [5, 5.41) is 4.69. The quantitative estimate of drug-likeness (QED) is 0.617. The highest BCUT2D eigenvalue weighted by molar-refractivity contribution is 9.10. The number of anilines is 2. The first-order chi connectivity index (χ1) is 9.74. The lowest BCUT2D eigenvalue weighted by molar-refractivity contribution is 0.620. The number of nitrogens with two attached hydrogens (primary N) is 1. The maximum atomic E-state index is 6.06. The molecule has 0 saturated heterocycles. The Labute approximate surface area is 128 Å². The first-order valence-electron chi connectivity index (χ1n) is 7.34. The molecule has 1 aliphatic rings. The Bertz CT molecular complexity index is 604. The molecule has 4 heteroatoms. The molecule has 1 aromatic heterocycles. The molecule has 106 valence electrons. The van der Waals surface area contributed by atoms with Crippen molar-refractivity contribution in [3.8, 4) is 0 Å². The number of rotatable bonds is 2. The van der Waals surface area contributed by atoms with E-state index in [1.54, 1.807) is 0 Å². The van der Waals surface area contributed by atoms with E-state index in [0.29, 0.717) is 6.04 Å².